The quantitative estimate of drug-likeness (QED) is 0.449. The van der Waals surface area contributed by atoms with E-state index in [0.29, 0.717) is 18.8 Å². The van der Waals surface area contributed by atoms with E-state index in [2.05, 4.69) is 16.0 Å². The number of nitrogens with zero attached hydrogens (tertiary/aromatic N) is 2. The molecule has 30 heavy (non-hydrogen) atoms. The molecule has 2 aromatic heterocycles. The van der Waals surface area contributed by atoms with Gasteiger partial charge in [-0.15, -0.1) is 0 Å². The molecule has 1 aliphatic rings. The van der Waals surface area contributed by atoms with Crippen molar-refractivity contribution < 1.29 is 19.4 Å². The van der Waals surface area contributed by atoms with E-state index in [1.807, 2.05) is 48.8 Å². The fraction of sp³-hybridized carbons (Fsp3) is 0.208. The van der Waals surface area contributed by atoms with E-state index in [-0.39, 0.29) is 6.42 Å². The summed E-state index contributed by atoms with van der Waals surface area (Å²) >= 11 is 0. The first-order chi connectivity index (χ1) is 14.7. The number of carboxylic acids is 1. The molecule has 1 atom stereocenters. The molecule has 1 aromatic carbocycles. The molecular formula is C24H22N2O4. The third-order valence-corrected chi connectivity index (χ3v) is 5.17. The van der Waals surface area contributed by atoms with Crippen LogP contribution in [0.4, 0.5) is 0 Å². The summed E-state index contributed by atoms with van der Waals surface area (Å²) in [5.41, 5.74) is 6.46. The van der Waals surface area contributed by atoms with Crippen LogP contribution >= 0.6 is 0 Å². The van der Waals surface area contributed by atoms with Gasteiger partial charge in [0.2, 0.25) is 0 Å². The van der Waals surface area contributed by atoms with Gasteiger partial charge in [0, 0.05) is 55.9 Å². The number of pyridine rings is 2. The zero-order chi connectivity index (χ0) is 20.9. The molecule has 0 spiro atoms. The molecule has 6 heteroatoms. The molecule has 1 N–H and O–H groups in total. The average molecular weight is 402 g/mol. The molecule has 4 rings (SSSR count). The van der Waals surface area contributed by atoms with Crippen LogP contribution in [0.3, 0.4) is 0 Å². The van der Waals surface area contributed by atoms with Crippen LogP contribution in [0.15, 0.2) is 67.3 Å². The lowest BCUT2D eigenvalue weighted by Gasteiger charge is -2.14. The predicted molar refractivity (Wildman–Crippen MR) is 113 cm³/mol. The van der Waals surface area contributed by atoms with E-state index in [1.165, 1.54) is 7.11 Å². The Morgan fingerprint density at radius 2 is 1.70 bits per heavy atom. The fourth-order valence-electron chi connectivity index (χ4n) is 3.71. The van der Waals surface area contributed by atoms with Crippen LogP contribution in [0, 0.1) is 0 Å². The maximum atomic E-state index is 11.3. The molecule has 0 saturated carbocycles. The van der Waals surface area contributed by atoms with Crippen LogP contribution in [0.2, 0.25) is 0 Å². The molecule has 0 saturated heterocycles. The van der Waals surface area contributed by atoms with Gasteiger partial charge in [-0.2, -0.15) is 0 Å². The first-order valence-electron chi connectivity index (χ1n) is 9.74. The maximum absolute atomic E-state index is 11.3. The van der Waals surface area contributed by atoms with E-state index < -0.39 is 12.1 Å². The van der Waals surface area contributed by atoms with Crippen LogP contribution in [0.25, 0.3) is 16.7 Å². The van der Waals surface area contributed by atoms with Crippen molar-refractivity contribution in [2.75, 3.05) is 13.7 Å². The summed E-state index contributed by atoms with van der Waals surface area (Å²) in [6.45, 7) is 0.478. The summed E-state index contributed by atoms with van der Waals surface area (Å²) in [5.74, 6) is -0.306. The average Bonchev–Trinajstić information content (AvgIpc) is 3.09. The van der Waals surface area contributed by atoms with Gasteiger partial charge in [-0.1, -0.05) is 24.3 Å². The van der Waals surface area contributed by atoms with E-state index >= 15 is 0 Å². The lowest BCUT2D eigenvalue weighted by Crippen LogP contribution is -2.25. The summed E-state index contributed by atoms with van der Waals surface area (Å²) in [5, 5.41) is 9.24. The van der Waals surface area contributed by atoms with Gasteiger partial charge in [0.25, 0.3) is 0 Å². The van der Waals surface area contributed by atoms with Crippen LogP contribution in [-0.4, -0.2) is 40.9 Å². The molecule has 0 aliphatic heterocycles. The van der Waals surface area contributed by atoms with Gasteiger partial charge >= 0.3 is 5.97 Å². The Morgan fingerprint density at radius 3 is 2.33 bits per heavy atom. The summed E-state index contributed by atoms with van der Waals surface area (Å²) in [6, 6.07) is 11.5. The molecule has 1 aliphatic carbocycles. The number of ether oxygens (including phenoxy) is 2. The van der Waals surface area contributed by atoms with Gasteiger partial charge in [0.15, 0.2) is 6.10 Å². The van der Waals surface area contributed by atoms with Crippen molar-refractivity contribution in [2.45, 2.75) is 18.9 Å². The Kier molecular flexibility index (Phi) is 5.86. The number of carbonyl (C=O) groups is 1. The first-order valence-corrected chi connectivity index (χ1v) is 9.74. The second-order valence-electron chi connectivity index (χ2n) is 6.97. The molecule has 6 nitrogen and oxygen atoms in total. The molecule has 2 heterocycles. The van der Waals surface area contributed by atoms with Crippen LogP contribution in [-0.2, 0) is 16.0 Å². The normalized spacial score (nSPS) is 12.8. The predicted octanol–water partition coefficient (Wildman–Crippen LogP) is 4.00. The lowest BCUT2D eigenvalue weighted by atomic mass is 10.0. The number of rotatable bonds is 8. The standard InChI is InChI=1S/C24H22N2O4/c1-29-23(24(27)28)13-16-5-2-3-7-22(16)30-12-4-6-17-18-8-10-25-14-20(18)21-15-26-11-9-19(17)21/h2-3,5-11,14-15,23H,4,12-13H2,1H3,(H,27,28). The highest BCUT2D eigenvalue weighted by Crippen LogP contribution is 2.43. The zero-order valence-electron chi connectivity index (χ0n) is 16.6. The van der Waals surface area contributed by atoms with Crippen LogP contribution in [0.5, 0.6) is 5.75 Å². The van der Waals surface area contributed by atoms with Crippen molar-refractivity contribution in [1.82, 2.24) is 9.97 Å². The van der Waals surface area contributed by atoms with Gasteiger partial charge in [0.05, 0.1) is 6.61 Å². The third kappa shape index (κ3) is 3.95. The molecule has 0 radical (unpaired) electrons. The smallest absolute Gasteiger partial charge is 0.333 e. The summed E-state index contributed by atoms with van der Waals surface area (Å²) < 4.78 is 11.0. The van der Waals surface area contributed by atoms with E-state index in [0.717, 1.165) is 33.4 Å². The Bertz CT molecular complexity index is 1050. The highest BCUT2D eigenvalue weighted by atomic mass is 16.5. The molecule has 0 bridgehead atoms. The van der Waals surface area contributed by atoms with E-state index in [9.17, 15) is 9.90 Å². The number of hydrogen-bond donors (Lipinski definition) is 1. The molecule has 152 valence electrons. The molecule has 0 amide bonds. The maximum Gasteiger partial charge on any atom is 0.333 e. The summed E-state index contributed by atoms with van der Waals surface area (Å²) in [6.07, 6.45) is 9.58. The second kappa shape index (κ2) is 8.88. The number of aliphatic carboxylic acids is 1. The topological polar surface area (TPSA) is 81.5 Å². The SMILES string of the molecule is COC(Cc1ccccc1OCCC=C1c2ccncc2-c2cnccc21)C(=O)O. The Hall–Kier alpha value is -3.51. The van der Waals surface area contributed by atoms with Gasteiger partial charge in [-0.3, -0.25) is 9.97 Å². The van der Waals surface area contributed by atoms with Crippen molar-refractivity contribution >= 4 is 11.5 Å². The Morgan fingerprint density at radius 1 is 1.03 bits per heavy atom. The Labute approximate surface area is 174 Å². The number of benzene rings is 1. The van der Waals surface area contributed by atoms with Crippen molar-refractivity contribution in [3.05, 3.63) is 84.0 Å². The lowest BCUT2D eigenvalue weighted by molar-refractivity contribution is -0.148. The number of hydrogen-bond acceptors (Lipinski definition) is 5. The monoisotopic (exact) mass is 402 g/mol. The first kappa shape index (κ1) is 19.8. The van der Waals surface area contributed by atoms with Gasteiger partial charge < -0.3 is 14.6 Å². The molecule has 0 fully saturated rings. The molecular weight excluding hydrogens is 380 g/mol. The van der Waals surface area contributed by atoms with Crippen molar-refractivity contribution in [3.63, 3.8) is 0 Å². The van der Waals surface area contributed by atoms with Gasteiger partial charge in [-0.05, 0) is 40.5 Å². The van der Waals surface area contributed by atoms with Crippen molar-refractivity contribution in [2.24, 2.45) is 0 Å². The Balaban J connectivity index is 1.47. The minimum Gasteiger partial charge on any atom is -0.493 e. The van der Waals surface area contributed by atoms with Gasteiger partial charge in [0.1, 0.15) is 5.75 Å². The number of para-hydroxylation sites is 1. The minimum atomic E-state index is -0.987. The number of fused-ring (bicyclic) bond motifs is 3. The minimum absolute atomic E-state index is 0.254. The largest absolute Gasteiger partial charge is 0.493 e. The highest BCUT2D eigenvalue weighted by Gasteiger charge is 2.23. The van der Waals surface area contributed by atoms with Gasteiger partial charge in [-0.25, -0.2) is 4.79 Å². The zero-order valence-corrected chi connectivity index (χ0v) is 16.6. The molecule has 1 unspecified atom stereocenters. The van der Waals surface area contributed by atoms with Crippen molar-refractivity contribution in [3.8, 4) is 16.9 Å². The third-order valence-electron chi connectivity index (χ3n) is 5.17. The molecule has 3 aromatic rings. The van der Waals surface area contributed by atoms with Crippen LogP contribution in [0.1, 0.15) is 23.1 Å². The number of methoxy groups -OCH3 is 1. The van der Waals surface area contributed by atoms with E-state index in [4.69, 9.17) is 9.47 Å². The number of aromatic nitrogens is 2. The summed E-state index contributed by atoms with van der Waals surface area (Å²) in [7, 11) is 1.40. The van der Waals surface area contributed by atoms with Crippen molar-refractivity contribution in [1.29, 1.82) is 0 Å². The van der Waals surface area contributed by atoms with Crippen LogP contribution < -0.4 is 4.74 Å². The number of carboxylic acid groups (broad SMARTS) is 1. The fourth-order valence-corrected chi connectivity index (χ4v) is 3.71. The summed E-state index contributed by atoms with van der Waals surface area (Å²) in [4.78, 5) is 19.8. The second-order valence-corrected chi connectivity index (χ2v) is 6.97. The van der Waals surface area contributed by atoms with E-state index in [1.54, 1.807) is 12.4 Å². The highest BCUT2D eigenvalue weighted by molar-refractivity contribution is 6.00.